The van der Waals surface area contributed by atoms with Crippen molar-refractivity contribution in [1.82, 2.24) is 4.48 Å². The molecule has 0 radical (unpaired) electrons. The number of amides is 1. The molecule has 1 amide bonds. The van der Waals surface area contributed by atoms with Gasteiger partial charge in [-0.3, -0.25) is 0 Å². The quantitative estimate of drug-likeness (QED) is 0.331. The van der Waals surface area contributed by atoms with Crippen LogP contribution in [0.3, 0.4) is 0 Å². The van der Waals surface area contributed by atoms with Crippen LogP contribution >= 0.6 is 27.5 Å². The Balaban J connectivity index is 3.20. The fourth-order valence-electron chi connectivity index (χ4n) is 1.72. The van der Waals surface area contributed by atoms with Crippen molar-refractivity contribution in [3.63, 3.8) is 0 Å². The van der Waals surface area contributed by atoms with E-state index in [1.165, 1.54) is 6.92 Å². The average Bonchev–Trinajstić information content (AvgIpc) is 2.38. The van der Waals surface area contributed by atoms with Gasteiger partial charge in [0.1, 0.15) is 0 Å². The van der Waals surface area contributed by atoms with E-state index in [0.29, 0.717) is 12.4 Å². The minimum atomic E-state index is -0.0257. The fourth-order valence-corrected chi connectivity index (χ4v) is 2.75. The third-order valence-electron chi connectivity index (χ3n) is 3.13. The summed E-state index contributed by atoms with van der Waals surface area (Å²) in [5.74, 6) is 0.684. The summed E-state index contributed by atoms with van der Waals surface area (Å²) in [6, 6.07) is 5.84. The molecule has 0 aliphatic carbocycles. The summed E-state index contributed by atoms with van der Waals surface area (Å²) in [7, 11) is 1.79. The first-order valence-corrected chi connectivity index (χ1v) is 7.64. The van der Waals surface area contributed by atoms with Gasteiger partial charge in [0.05, 0.1) is 25.1 Å². The van der Waals surface area contributed by atoms with Crippen LogP contribution in [-0.4, -0.2) is 25.6 Å². The molecule has 0 spiro atoms. The molecule has 0 N–H and O–H groups in total. The van der Waals surface area contributed by atoms with Gasteiger partial charge in [-0.25, -0.2) is 9.28 Å². The highest BCUT2D eigenvalue weighted by atomic mass is 79.9. The van der Waals surface area contributed by atoms with Crippen LogP contribution in [0.1, 0.15) is 26.7 Å². The van der Waals surface area contributed by atoms with E-state index in [1.807, 2.05) is 18.2 Å². The van der Waals surface area contributed by atoms with Gasteiger partial charge in [0, 0.05) is 0 Å². The summed E-state index contributed by atoms with van der Waals surface area (Å²) < 4.78 is 6.64. The average molecular weight is 350 g/mol. The number of ether oxygens (including phenoxy) is 1. The molecule has 1 aromatic rings. The van der Waals surface area contributed by atoms with E-state index in [1.54, 1.807) is 7.05 Å². The summed E-state index contributed by atoms with van der Waals surface area (Å²) >= 11 is 9.51. The molecule has 0 saturated heterocycles. The van der Waals surface area contributed by atoms with Crippen LogP contribution in [0, 0.1) is 0 Å². The molecule has 0 aliphatic heterocycles. The monoisotopic (exact) mass is 348 g/mol. The van der Waals surface area contributed by atoms with Crippen LogP contribution in [-0.2, 0) is 4.79 Å². The zero-order chi connectivity index (χ0) is 14.5. The second-order valence-electron chi connectivity index (χ2n) is 4.62. The Labute approximate surface area is 128 Å². The lowest BCUT2D eigenvalue weighted by Crippen LogP contribution is -2.48. The van der Waals surface area contributed by atoms with Crippen LogP contribution in [0.15, 0.2) is 22.7 Å². The number of alkyl halides is 1. The molecule has 5 heteroatoms. The fraction of sp³-hybridized carbons (Fsp3) is 0.500. The molecular weight excluding hydrogens is 330 g/mol. The lowest BCUT2D eigenvalue weighted by Gasteiger charge is -2.29. The molecule has 0 bridgehead atoms. The highest BCUT2D eigenvalue weighted by Crippen LogP contribution is 2.40. The van der Waals surface area contributed by atoms with Crippen molar-refractivity contribution in [3.05, 3.63) is 22.7 Å². The first-order chi connectivity index (χ1) is 8.97. The molecule has 0 saturated carbocycles. The molecular formula is C14H20BrClNO2+. The third kappa shape index (κ3) is 3.71. The molecule has 1 atom stereocenters. The molecule has 106 valence electrons. The smallest absolute Gasteiger partial charge is 0.316 e. The van der Waals surface area contributed by atoms with Crippen molar-refractivity contribution in [2.45, 2.75) is 26.7 Å². The predicted molar refractivity (Wildman–Crippen MR) is 83.7 cm³/mol. The molecule has 3 nitrogen and oxygen atoms in total. The number of halogens is 2. The summed E-state index contributed by atoms with van der Waals surface area (Å²) in [6.45, 7) is 4.29. The van der Waals surface area contributed by atoms with Crippen molar-refractivity contribution >= 4 is 39.1 Å². The number of hydrogen-bond donors (Lipinski definition) is 0. The third-order valence-corrected chi connectivity index (χ3v) is 4.25. The maximum Gasteiger partial charge on any atom is 0.316 e. The zero-order valence-electron chi connectivity index (χ0n) is 11.6. The molecule has 0 fully saturated rings. The van der Waals surface area contributed by atoms with Crippen LogP contribution < -0.4 is 9.22 Å². The van der Waals surface area contributed by atoms with Gasteiger partial charge in [0.2, 0.25) is 0 Å². The Hall–Kier alpha value is -0.580. The largest absolute Gasteiger partial charge is 0.487 e. The molecule has 0 heterocycles. The van der Waals surface area contributed by atoms with Gasteiger partial charge in [-0.2, -0.15) is 0 Å². The molecule has 1 aromatic carbocycles. The number of benzene rings is 1. The Bertz CT molecular complexity index is 453. The van der Waals surface area contributed by atoms with Gasteiger partial charge in [-0.15, -0.1) is 0 Å². The Morgan fingerprint density at radius 2 is 2.16 bits per heavy atom. The van der Waals surface area contributed by atoms with Crippen molar-refractivity contribution in [2.75, 3.05) is 19.7 Å². The van der Waals surface area contributed by atoms with Crippen LogP contribution in [0.4, 0.5) is 5.69 Å². The van der Waals surface area contributed by atoms with Gasteiger partial charge < -0.3 is 4.74 Å². The predicted octanol–water partition coefficient (Wildman–Crippen LogP) is 4.31. The Morgan fingerprint density at radius 3 is 2.68 bits per heavy atom. The maximum atomic E-state index is 11.9. The number of carbonyl (C=O) groups is 1. The lowest BCUT2D eigenvalue weighted by molar-refractivity contribution is -0.126. The summed E-state index contributed by atoms with van der Waals surface area (Å²) in [5.41, 5.74) is 0.779. The van der Waals surface area contributed by atoms with Gasteiger partial charge in [-0.05, 0) is 34.5 Å². The first-order valence-electron chi connectivity index (χ1n) is 6.31. The van der Waals surface area contributed by atoms with Crippen molar-refractivity contribution in [2.24, 2.45) is 0 Å². The van der Waals surface area contributed by atoms with Gasteiger partial charge >= 0.3 is 5.91 Å². The van der Waals surface area contributed by atoms with E-state index in [4.69, 9.17) is 16.3 Å². The number of para-hydroxylation sites is 1. The number of unbranched alkanes of at least 4 members (excludes halogenated alkanes) is 1. The van der Waals surface area contributed by atoms with Gasteiger partial charge in [0.15, 0.2) is 17.4 Å². The number of nitrogens with zero attached hydrogens (tertiary/aromatic N) is 1. The highest BCUT2D eigenvalue weighted by molar-refractivity contribution is 9.10. The van der Waals surface area contributed by atoms with Gasteiger partial charge in [0.25, 0.3) is 0 Å². The van der Waals surface area contributed by atoms with Crippen molar-refractivity contribution in [1.29, 1.82) is 0 Å². The van der Waals surface area contributed by atoms with E-state index in [9.17, 15) is 4.79 Å². The van der Waals surface area contributed by atoms with Crippen LogP contribution in [0.5, 0.6) is 5.75 Å². The molecule has 0 aromatic heterocycles. The lowest BCUT2D eigenvalue weighted by atomic mass is 10.2. The normalized spacial score (nSPS) is 13.9. The number of rotatable bonds is 6. The number of carbonyl (C=O) groups excluding carboxylic acids is 1. The number of hydrogen-bond acceptors (Lipinski definition) is 2. The summed E-state index contributed by atoms with van der Waals surface area (Å²) in [5, 5.41) is 0. The molecule has 19 heavy (non-hydrogen) atoms. The van der Waals surface area contributed by atoms with E-state index in [-0.39, 0.29) is 16.4 Å². The van der Waals surface area contributed by atoms with Gasteiger partial charge in [-0.1, -0.05) is 31.0 Å². The Morgan fingerprint density at radius 1 is 1.47 bits per heavy atom. The zero-order valence-corrected chi connectivity index (χ0v) is 13.9. The Kier molecular flexibility index (Phi) is 6.30. The second kappa shape index (κ2) is 7.27. The van der Waals surface area contributed by atoms with E-state index >= 15 is 0 Å². The summed E-state index contributed by atoms with van der Waals surface area (Å²) in [4.78, 5) is 11.9. The topological polar surface area (TPSA) is 26.3 Å². The minimum Gasteiger partial charge on any atom is -0.487 e. The van der Waals surface area contributed by atoms with E-state index < -0.39 is 0 Å². The van der Waals surface area contributed by atoms with Crippen LogP contribution in [0.25, 0.3) is 0 Å². The van der Waals surface area contributed by atoms with E-state index in [0.717, 1.165) is 23.0 Å². The first kappa shape index (κ1) is 16.5. The highest BCUT2D eigenvalue weighted by Gasteiger charge is 2.35. The standard InChI is InChI=1S/C14H20BrClNO2/c1-4-5-9-19-13-8-6-7-12(15)14(13)17(3,10-16)11(2)18/h6-8H,4-5,9-10H2,1-3H3/q+1. The second-order valence-corrected chi connectivity index (χ2v) is 5.71. The molecule has 1 rings (SSSR count). The maximum absolute atomic E-state index is 11.9. The molecule has 0 aliphatic rings. The van der Waals surface area contributed by atoms with Crippen LogP contribution in [0.2, 0.25) is 0 Å². The minimum absolute atomic E-state index is 0.00440. The molecule has 1 unspecified atom stereocenters. The SMILES string of the molecule is CCCCOc1cccc(Br)c1[N+](C)(CCl)C(C)=O. The summed E-state index contributed by atoms with van der Waals surface area (Å²) in [6.07, 6.45) is 2.05. The number of quaternary nitrogens is 1. The van der Waals surface area contributed by atoms with Crippen molar-refractivity contribution in [3.8, 4) is 5.75 Å². The van der Waals surface area contributed by atoms with E-state index in [2.05, 4.69) is 22.9 Å². The van der Waals surface area contributed by atoms with Crippen molar-refractivity contribution < 1.29 is 9.53 Å².